The number of benzene rings is 1. The van der Waals surface area contributed by atoms with Crippen LogP contribution in [0.4, 0.5) is 5.69 Å². The Morgan fingerprint density at radius 3 is 2.73 bits per heavy atom. The van der Waals surface area contributed by atoms with Crippen LogP contribution in [0.15, 0.2) is 52.1 Å². The van der Waals surface area contributed by atoms with Crippen molar-refractivity contribution in [3.05, 3.63) is 58.3 Å². The van der Waals surface area contributed by atoms with Gasteiger partial charge in [0, 0.05) is 55.0 Å². The predicted molar refractivity (Wildman–Crippen MR) is 109 cm³/mol. The first kappa shape index (κ1) is 19.9. The number of aromatic nitrogens is 1. The standard InChI is InChI=1S/C19H24BrN5O/c1-14-6-7-15(20)13-17(14)25-18(26)9-12-24-19(21-2)23-11-8-16-5-3-4-10-22-16/h3-7,10,13H,8-9,11-12H2,1-2H3,(H,25,26)(H2,21,23,24). The maximum absolute atomic E-state index is 12.1. The molecule has 138 valence electrons. The van der Waals surface area contributed by atoms with Gasteiger partial charge in [0.1, 0.15) is 0 Å². The summed E-state index contributed by atoms with van der Waals surface area (Å²) in [6.45, 7) is 3.19. The van der Waals surface area contributed by atoms with Crippen LogP contribution in [0.5, 0.6) is 0 Å². The first-order valence-corrected chi connectivity index (χ1v) is 9.28. The van der Waals surface area contributed by atoms with Crippen molar-refractivity contribution in [2.45, 2.75) is 19.8 Å². The predicted octanol–water partition coefficient (Wildman–Crippen LogP) is 2.89. The molecular formula is C19H24BrN5O. The second-order valence-corrected chi connectivity index (χ2v) is 6.67. The quantitative estimate of drug-likeness (QED) is 0.477. The zero-order chi connectivity index (χ0) is 18.8. The molecule has 1 amide bonds. The number of aryl methyl sites for hydroxylation is 1. The van der Waals surface area contributed by atoms with E-state index in [4.69, 9.17) is 0 Å². The summed E-state index contributed by atoms with van der Waals surface area (Å²) in [5, 5.41) is 9.30. The molecule has 3 N–H and O–H groups in total. The molecule has 0 atom stereocenters. The van der Waals surface area contributed by atoms with Crippen molar-refractivity contribution in [2.24, 2.45) is 4.99 Å². The summed E-state index contributed by atoms with van der Waals surface area (Å²) in [6, 6.07) is 11.7. The molecule has 0 unspecified atom stereocenters. The summed E-state index contributed by atoms with van der Waals surface area (Å²) in [4.78, 5) is 20.6. The van der Waals surface area contributed by atoms with Crippen LogP contribution in [-0.4, -0.2) is 37.0 Å². The van der Waals surface area contributed by atoms with E-state index in [9.17, 15) is 4.79 Å². The van der Waals surface area contributed by atoms with Gasteiger partial charge in [-0.3, -0.25) is 14.8 Å². The Bertz CT molecular complexity index is 749. The van der Waals surface area contributed by atoms with E-state index in [2.05, 4.69) is 41.9 Å². The highest BCUT2D eigenvalue weighted by atomic mass is 79.9. The minimum absolute atomic E-state index is 0.0392. The van der Waals surface area contributed by atoms with Crippen LogP contribution >= 0.6 is 15.9 Å². The van der Waals surface area contributed by atoms with E-state index in [1.54, 1.807) is 13.2 Å². The van der Waals surface area contributed by atoms with Gasteiger partial charge in [-0.2, -0.15) is 0 Å². The normalized spacial score (nSPS) is 11.1. The van der Waals surface area contributed by atoms with Crippen molar-refractivity contribution in [3.63, 3.8) is 0 Å². The number of carbonyl (C=O) groups is 1. The second-order valence-electron chi connectivity index (χ2n) is 5.75. The van der Waals surface area contributed by atoms with E-state index in [1.807, 2.05) is 43.3 Å². The largest absolute Gasteiger partial charge is 0.356 e. The molecule has 0 aliphatic carbocycles. The van der Waals surface area contributed by atoms with Crippen molar-refractivity contribution in [1.29, 1.82) is 0 Å². The molecule has 1 heterocycles. The highest BCUT2D eigenvalue weighted by Crippen LogP contribution is 2.20. The molecule has 2 aromatic rings. The van der Waals surface area contributed by atoms with E-state index in [0.717, 1.165) is 34.4 Å². The third-order valence-electron chi connectivity index (χ3n) is 3.74. The fourth-order valence-electron chi connectivity index (χ4n) is 2.31. The summed E-state index contributed by atoms with van der Waals surface area (Å²) < 4.78 is 0.939. The van der Waals surface area contributed by atoms with Gasteiger partial charge in [-0.25, -0.2) is 0 Å². The van der Waals surface area contributed by atoms with Gasteiger partial charge in [0.05, 0.1) is 0 Å². The molecule has 0 radical (unpaired) electrons. The Morgan fingerprint density at radius 1 is 1.19 bits per heavy atom. The van der Waals surface area contributed by atoms with Crippen LogP contribution < -0.4 is 16.0 Å². The van der Waals surface area contributed by atoms with Crippen molar-refractivity contribution in [2.75, 3.05) is 25.5 Å². The maximum atomic E-state index is 12.1. The lowest BCUT2D eigenvalue weighted by Crippen LogP contribution is -2.39. The molecule has 1 aromatic heterocycles. The van der Waals surface area contributed by atoms with Gasteiger partial charge in [0.2, 0.25) is 5.91 Å². The summed E-state index contributed by atoms with van der Waals surface area (Å²) in [5.41, 5.74) is 2.88. The van der Waals surface area contributed by atoms with E-state index < -0.39 is 0 Å². The van der Waals surface area contributed by atoms with Crippen molar-refractivity contribution in [1.82, 2.24) is 15.6 Å². The maximum Gasteiger partial charge on any atom is 0.226 e. The summed E-state index contributed by atoms with van der Waals surface area (Å²) in [7, 11) is 1.71. The molecule has 7 heteroatoms. The van der Waals surface area contributed by atoms with Crippen LogP contribution in [0.1, 0.15) is 17.7 Å². The van der Waals surface area contributed by atoms with Gasteiger partial charge in [0.25, 0.3) is 0 Å². The molecule has 0 saturated heterocycles. The minimum atomic E-state index is -0.0392. The molecule has 6 nitrogen and oxygen atoms in total. The summed E-state index contributed by atoms with van der Waals surface area (Å²) in [5.74, 6) is 0.634. The molecular weight excluding hydrogens is 394 g/mol. The number of amides is 1. The number of aliphatic imine (C=N–C) groups is 1. The molecule has 26 heavy (non-hydrogen) atoms. The average Bonchev–Trinajstić information content (AvgIpc) is 2.64. The zero-order valence-corrected chi connectivity index (χ0v) is 16.6. The van der Waals surface area contributed by atoms with Crippen LogP contribution in [-0.2, 0) is 11.2 Å². The first-order chi connectivity index (χ1) is 12.6. The zero-order valence-electron chi connectivity index (χ0n) is 15.1. The Hall–Kier alpha value is -2.41. The smallest absolute Gasteiger partial charge is 0.226 e. The highest BCUT2D eigenvalue weighted by Gasteiger charge is 2.06. The lowest BCUT2D eigenvalue weighted by Gasteiger charge is -2.12. The third-order valence-corrected chi connectivity index (χ3v) is 4.23. The van der Waals surface area contributed by atoms with Crippen molar-refractivity contribution < 1.29 is 4.79 Å². The fourth-order valence-corrected chi connectivity index (χ4v) is 2.67. The molecule has 0 aliphatic heterocycles. The first-order valence-electron chi connectivity index (χ1n) is 8.49. The van der Waals surface area contributed by atoms with Gasteiger partial charge < -0.3 is 16.0 Å². The molecule has 0 spiro atoms. The number of pyridine rings is 1. The molecule has 0 fully saturated rings. The van der Waals surface area contributed by atoms with Crippen molar-refractivity contribution in [3.8, 4) is 0 Å². The highest BCUT2D eigenvalue weighted by molar-refractivity contribution is 9.10. The number of hydrogen-bond acceptors (Lipinski definition) is 3. The van der Waals surface area contributed by atoms with Crippen LogP contribution in [0, 0.1) is 6.92 Å². The topological polar surface area (TPSA) is 78.4 Å². The van der Waals surface area contributed by atoms with E-state index in [0.29, 0.717) is 18.9 Å². The van der Waals surface area contributed by atoms with Crippen LogP contribution in [0.2, 0.25) is 0 Å². The van der Waals surface area contributed by atoms with E-state index in [1.165, 1.54) is 0 Å². The van der Waals surface area contributed by atoms with Gasteiger partial charge in [-0.1, -0.05) is 28.1 Å². The number of anilines is 1. The molecule has 0 aliphatic rings. The van der Waals surface area contributed by atoms with Crippen LogP contribution in [0.3, 0.4) is 0 Å². The SMILES string of the molecule is CN=C(NCCC(=O)Nc1cc(Br)ccc1C)NCCc1ccccn1. The Labute approximate surface area is 162 Å². The van der Waals surface area contributed by atoms with Gasteiger partial charge in [-0.05, 0) is 36.8 Å². The number of halogens is 1. The lowest BCUT2D eigenvalue weighted by atomic mass is 10.2. The monoisotopic (exact) mass is 417 g/mol. The number of guanidine groups is 1. The van der Waals surface area contributed by atoms with Gasteiger partial charge in [0.15, 0.2) is 5.96 Å². The number of carbonyl (C=O) groups excluding carboxylic acids is 1. The minimum Gasteiger partial charge on any atom is -0.356 e. The van der Waals surface area contributed by atoms with Crippen LogP contribution in [0.25, 0.3) is 0 Å². The second kappa shape index (κ2) is 10.6. The van der Waals surface area contributed by atoms with Crippen molar-refractivity contribution >= 4 is 33.5 Å². The molecule has 0 saturated carbocycles. The number of rotatable bonds is 7. The number of nitrogens with one attached hydrogen (secondary N) is 3. The average molecular weight is 418 g/mol. The lowest BCUT2D eigenvalue weighted by molar-refractivity contribution is -0.116. The van der Waals surface area contributed by atoms with E-state index >= 15 is 0 Å². The van der Waals surface area contributed by atoms with Gasteiger partial charge in [-0.15, -0.1) is 0 Å². The summed E-state index contributed by atoms with van der Waals surface area (Å²) >= 11 is 3.42. The Morgan fingerprint density at radius 2 is 2.00 bits per heavy atom. The molecule has 0 bridgehead atoms. The third kappa shape index (κ3) is 6.84. The molecule has 1 aromatic carbocycles. The summed E-state index contributed by atoms with van der Waals surface area (Å²) in [6.07, 6.45) is 2.95. The number of hydrogen-bond donors (Lipinski definition) is 3. The Balaban J connectivity index is 1.69. The molecule has 2 rings (SSSR count). The van der Waals surface area contributed by atoms with E-state index in [-0.39, 0.29) is 5.91 Å². The number of nitrogens with zero attached hydrogens (tertiary/aromatic N) is 2. The van der Waals surface area contributed by atoms with Gasteiger partial charge >= 0.3 is 0 Å². The fraction of sp³-hybridized carbons (Fsp3) is 0.316. The Kier molecular flexibility index (Phi) is 8.08.